The fourth-order valence-electron chi connectivity index (χ4n) is 4.01. The molecule has 0 bridgehead atoms. The molecule has 4 rings (SSSR count). The smallest absolute Gasteiger partial charge is 0.166 e. The van der Waals surface area contributed by atoms with Gasteiger partial charge in [-0.3, -0.25) is 0 Å². The van der Waals surface area contributed by atoms with Crippen LogP contribution in [0.25, 0.3) is 22.3 Å². The van der Waals surface area contributed by atoms with Crippen molar-refractivity contribution in [2.45, 2.75) is 38.9 Å². The summed E-state index contributed by atoms with van der Waals surface area (Å²) >= 11 is 0. The first-order valence-corrected chi connectivity index (χ1v) is 11.2. The van der Waals surface area contributed by atoms with Crippen molar-refractivity contribution in [1.82, 2.24) is 0 Å². The van der Waals surface area contributed by atoms with Crippen molar-refractivity contribution in [3.05, 3.63) is 95.3 Å². The number of allylic oxidation sites excluding steroid dienone is 2. The minimum atomic E-state index is -0.855. The molecule has 0 unspecified atom stereocenters. The molecule has 0 spiro atoms. The molecular formula is C28H27F3O2. The molecule has 1 aliphatic heterocycles. The molecular weight excluding hydrogens is 425 g/mol. The van der Waals surface area contributed by atoms with Gasteiger partial charge in [0.1, 0.15) is 5.82 Å². The van der Waals surface area contributed by atoms with Crippen LogP contribution in [0, 0.1) is 17.5 Å². The summed E-state index contributed by atoms with van der Waals surface area (Å²) in [4.78, 5) is 0. The maximum absolute atomic E-state index is 14.8. The summed E-state index contributed by atoms with van der Waals surface area (Å²) in [5, 5.41) is 0. The van der Waals surface area contributed by atoms with Gasteiger partial charge in [-0.2, -0.15) is 0 Å². The molecule has 1 aliphatic rings. The third-order valence-electron chi connectivity index (χ3n) is 5.94. The Labute approximate surface area is 192 Å². The van der Waals surface area contributed by atoms with Crippen molar-refractivity contribution in [2.75, 3.05) is 13.2 Å². The molecule has 5 heteroatoms. The second-order valence-corrected chi connectivity index (χ2v) is 8.23. The van der Waals surface area contributed by atoms with Gasteiger partial charge in [-0.15, -0.1) is 0 Å². The van der Waals surface area contributed by atoms with Gasteiger partial charge in [-0.25, -0.2) is 13.2 Å². The van der Waals surface area contributed by atoms with E-state index in [1.165, 1.54) is 6.07 Å². The number of halogens is 3. The van der Waals surface area contributed by atoms with E-state index in [0.717, 1.165) is 12.0 Å². The van der Waals surface area contributed by atoms with Gasteiger partial charge in [0.15, 0.2) is 17.9 Å². The Hall–Kier alpha value is -2.89. The van der Waals surface area contributed by atoms with Crippen LogP contribution in [0.2, 0.25) is 0 Å². The van der Waals surface area contributed by atoms with Gasteiger partial charge < -0.3 is 9.47 Å². The SMILES string of the molecule is CC/C=C\Cc1ccc(-c2ccc(-c3ccc(C4COC(C)OC4)c(F)c3)cc2)c(F)c1F. The van der Waals surface area contributed by atoms with Crippen LogP contribution in [0.5, 0.6) is 0 Å². The predicted molar refractivity (Wildman–Crippen MR) is 124 cm³/mol. The van der Waals surface area contributed by atoms with Crippen molar-refractivity contribution in [2.24, 2.45) is 0 Å². The van der Waals surface area contributed by atoms with E-state index in [1.807, 2.05) is 32.1 Å². The molecule has 0 radical (unpaired) electrons. The number of rotatable bonds is 6. The van der Waals surface area contributed by atoms with Crippen LogP contribution >= 0.6 is 0 Å². The molecule has 33 heavy (non-hydrogen) atoms. The Bertz CT molecular complexity index is 1130. The Morgan fingerprint density at radius 1 is 0.818 bits per heavy atom. The van der Waals surface area contributed by atoms with E-state index in [1.54, 1.807) is 42.5 Å². The lowest BCUT2D eigenvalue weighted by atomic mass is 9.95. The number of hydrogen-bond donors (Lipinski definition) is 0. The third-order valence-corrected chi connectivity index (χ3v) is 5.94. The number of ether oxygens (including phenoxy) is 2. The van der Waals surface area contributed by atoms with E-state index < -0.39 is 11.6 Å². The fourth-order valence-corrected chi connectivity index (χ4v) is 4.01. The van der Waals surface area contributed by atoms with E-state index in [0.29, 0.717) is 41.9 Å². The molecule has 0 amide bonds. The highest BCUT2D eigenvalue weighted by atomic mass is 19.2. The van der Waals surface area contributed by atoms with Gasteiger partial charge in [0, 0.05) is 11.5 Å². The van der Waals surface area contributed by atoms with E-state index in [4.69, 9.17) is 9.47 Å². The molecule has 0 N–H and O–H groups in total. The first-order chi connectivity index (χ1) is 16.0. The van der Waals surface area contributed by atoms with E-state index >= 15 is 0 Å². The summed E-state index contributed by atoms with van der Waals surface area (Å²) in [6.07, 6.45) is 4.70. The van der Waals surface area contributed by atoms with Crippen LogP contribution in [0.15, 0.2) is 66.7 Å². The Morgan fingerprint density at radius 3 is 2.15 bits per heavy atom. The van der Waals surface area contributed by atoms with Crippen molar-refractivity contribution >= 4 is 0 Å². The monoisotopic (exact) mass is 452 g/mol. The molecule has 1 saturated heterocycles. The number of benzene rings is 3. The zero-order chi connectivity index (χ0) is 23.4. The lowest BCUT2D eigenvalue weighted by molar-refractivity contribution is -0.176. The van der Waals surface area contributed by atoms with E-state index in [2.05, 4.69) is 0 Å². The molecule has 0 atom stereocenters. The maximum atomic E-state index is 14.8. The van der Waals surface area contributed by atoms with E-state index in [9.17, 15) is 13.2 Å². The largest absolute Gasteiger partial charge is 0.352 e. The third kappa shape index (κ3) is 5.21. The van der Waals surface area contributed by atoms with Crippen molar-refractivity contribution in [3.63, 3.8) is 0 Å². The summed E-state index contributed by atoms with van der Waals surface area (Å²) in [6.45, 7) is 4.65. The molecule has 0 aliphatic carbocycles. The molecule has 1 heterocycles. The fraction of sp³-hybridized carbons (Fsp3) is 0.286. The molecule has 1 fully saturated rings. The Kier molecular flexibility index (Phi) is 7.31. The average molecular weight is 453 g/mol. The highest BCUT2D eigenvalue weighted by Crippen LogP contribution is 2.31. The molecule has 3 aromatic carbocycles. The van der Waals surface area contributed by atoms with E-state index in [-0.39, 0.29) is 23.6 Å². The summed E-state index contributed by atoms with van der Waals surface area (Å²) < 4.78 is 55.0. The second kappa shape index (κ2) is 10.4. The van der Waals surface area contributed by atoms with Gasteiger partial charge >= 0.3 is 0 Å². The highest BCUT2D eigenvalue weighted by molar-refractivity contribution is 5.71. The second-order valence-electron chi connectivity index (χ2n) is 8.23. The first-order valence-electron chi connectivity index (χ1n) is 11.2. The average Bonchev–Trinajstić information content (AvgIpc) is 2.83. The van der Waals surface area contributed by atoms with Crippen LogP contribution in [0.3, 0.4) is 0 Å². The summed E-state index contributed by atoms with van der Waals surface area (Å²) in [5.74, 6) is -2.13. The van der Waals surface area contributed by atoms with Crippen molar-refractivity contribution < 1.29 is 22.6 Å². The Morgan fingerprint density at radius 2 is 1.48 bits per heavy atom. The lowest BCUT2D eigenvalue weighted by Gasteiger charge is -2.27. The first kappa shape index (κ1) is 23.3. The quantitative estimate of drug-likeness (QED) is 0.362. The Balaban J connectivity index is 1.53. The molecule has 3 aromatic rings. The standard InChI is InChI=1S/C28H27F3O2/c1-3-4-5-6-21-11-14-25(28(31)27(21)30)20-9-7-19(8-10-20)22-12-13-24(26(29)15-22)23-16-32-18(2)33-17-23/h4-5,7-15,18,23H,3,6,16-17H2,1-2H3/b5-4-. The van der Waals surface area contributed by atoms with Crippen LogP contribution in [0.1, 0.15) is 37.3 Å². The molecule has 172 valence electrons. The van der Waals surface area contributed by atoms with Gasteiger partial charge in [0.05, 0.1) is 13.2 Å². The minimum absolute atomic E-state index is 0.143. The van der Waals surface area contributed by atoms with Crippen LogP contribution < -0.4 is 0 Å². The van der Waals surface area contributed by atoms with Gasteiger partial charge in [-0.1, -0.05) is 67.6 Å². The predicted octanol–water partition coefficient (Wildman–Crippen LogP) is 7.42. The topological polar surface area (TPSA) is 18.5 Å². The normalized spacial score (nSPS) is 18.7. The minimum Gasteiger partial charge on any atom is -0.352 e. The maximum Gasteiger partial charge on any atom is 0.166 e. The zero-order valence-electron chi connectivity index (χ0n) is 18.8. The molecule has 0 saturated carbocycles. The van der Waals surface area contributed by atoms with Gasteiger partial charge in [0.25, 0.3) is 0 Å². The lowest BCUT2D eigenvalue weighted by Crippen LogP contribution is -2.29. The zero-order valence-corrected chi connectivity index (χ0v) is 18.8. The van der Waals surface area contributed by atoms with Crippen molar-refractivity contribution in [3.8, 4) is 22.3 Å². The van der Waals surface area contributed by atoms with Crippen molar-refractivity contribution in [1.29, 1.82) is 0 Å². The molecule has 2 nitrogen and oxygen atoms in total. The highest BCUT2D eigenvalue weighted by Gasteiger charge is 2.23. The van der Waals surface area contributed by atoms with Gasteiger partial charge in [-0.05, 0) is 53.6 Å². The van der Waals surface area contributed by atoms with Crippen LogP contribution in [-0.4, -0.2) is 19.5 Å². The summed E-state index contributed by atoms with van der Waals surface area (Å²) in [5.41, 5.74) is 3.16. The van der Waals surface area contributed by atoms with Gasteiger partial charge in [0.2, 0.25) is 0 Å². The van der Waals surface area contributed by atoms with Crippen LogP contribution in [-0.2, 0) is 15.9 Å². The summed E-state index contributed by atoms with van der Waals surface area (Å²) in [7, 11) is 0. The molecule has 0 aromatic heterocycles. The van der Waals surface area contributed by atoms with Crippen LogP contribution in [0.4, 0.5) is 13.2 Å². The number of hydrogen-bond acceptors (Lipinski definition) is 2. The summed E-state index contributed by atoms with van der Waals surface area (Å²) in [6, 6.07) is 15.3.